The molecular formula is C14H16N2O5S. The van der Waals surface area contributed by atoms with Crippen molar-refractivity contribution in [3.8, 4) is 0 Å². The Morgan fingerprint density at radius 3 is 2.45 bits per heavy atom. The summed E-state index contributed by atoms with van der Waals surface area (Å²) >= 11 is 0. The van der Waals surface area contributed by atoms with Crippen LogP contribution in [0.25, 0.3) is 10.9 Å². The van der Waals surface area contributed by atoms with Crippen LogP contribution >= 0.6 is 0 Å². The molecule has 1 aromatic heterocycles. The van der Waals surface area contributed by atoms with E-state index in [0.717, 1.165) is 6.20 Å². The van der Waals surface area contributed by atoms with Crippen molar-refractivity contribution in [2.45, 2.75) is 18.7 Å². The van der Waals surface area contributed by atoms with Crippen molar-refractivity contribution >= 4 is 26.9 Å². The molecule has 0 aliphatic rings. The molecule has 2 aromatic rings. The minimum absolute atomic E-state index is 0.0308. The number of pyridine rings is 1. The van der Waals surface area contributed by atoms with E-state index in [9.17, 15) is 18.0 Å². The summed E-state index contributed by atoms with van der Waals surface area (Å²) in [6.45, 7) is 4.06. The monoisotopic (exact) mass is 324 g/mol. The number of carbonyl (C=O) groups is 1. The van der Waals surface area contributed by atoms with Gasteiger partial charge >= 0.3 is 5.97 Å². The average Bonchev–Trinajstić information content (AvgIpc) is 2.48. The first-order valence-corrected chi connectivity index (χ1v) is 8.15. The lowest BCUT2D eigenvalue weighted by atomic mass is 10.1. The summed E-state index contributed by atoms with van der Waals surface area (Å²) in [5.74, 6) is -1.36. The third-order valence-corrected chi connectivity index (χ3v) is 5.47. The fourth-order valence-electron chi connectivity index (χ4n) is 2.23. The first-order valence-electron chi connectivity index (χ1n) is 6.71. The summed E-state index contributed by atoms with van der Waals surface area (Å²) in [7, 11) is -3.71. The van der Waals surface area contributed by atoms with E-state index in [4.69, 9.17) is 5.11 Å². The lowest BCUT2D eigenvalue weighted by Gasteiger charge is -2.18. The smallest absolute Gasteiger partial charge is 0.341 e. The SMILES string of the molecule is CCN(CC)S(=O)(=O)c1ccc2[nH]cc(C(=O)O)c(=O)c2c1. The number of rotatable bonds is 5. The summed E-state index contributed by atoms with van der Waals surface area (Å²) in [6, 6.07) is 4.07. The summed E-state index contributed by atoms with van der Waals surface area (Å²) in [5, 5.41) is 9.01. The number of H-pyrrole nitrogens is 1. The molecule has 1 aromatic carbocycles. The van der Waals surface area contributed by atoms with E-state index in [2.05, 4.69) is 4.98 Å². The Bertz CT molecular complexity index is 882. The van der Waals surface area contributed by atoms with Crippen LogP contribution in [0.5, 0.6) is 0 Å². The zero-order valence-corrected chi connectivity index (χ0v) is 13.0. The Balaban J connectivity index is 2.71. The van der Waals surface area contributed by atoms with Crippen molar-refractivity contribution in [1.29, 1.82) is 0 Å². The van der Waals surface area contributed by atoms with E-state index in [1.54, 1.807) is 13.8 Å². The maximum absolute atomic E-state index is 12.5. The molecule has 1 heterocycles. The van der Waals surface area contributed by atoms with E-state index in [1.807, 2.05) is 0 Å². The Morgan fingerprint density at radius 1 is 1.27 bits per heavy atom. The molecule has 0 amide bonds. The van der Waals surface area contributed by atoms with Crippen molar-refractivity contribution in [2.75, 3.05) is 13.1 Å². The van der Waals surface area contributed by atoms with Crippen LogP contribution in [-0.2, 0) is 10.0 Å². The number of hydrogen-bond acceptors (Lipinski definition) is 4. The molecule has 0 aliphatic carbocycles. The first-order chi connectivity index (χ1) is 10.3. The van der Waals surface area contributed by atoms with Gasteiger partial charge in [0.05, 0.1) is 4.90 Å². The zero-order chi connectivity index (χ0) is 16.5. The average molecular weight is 324 g/mol. The van der Waals surface area contributed by atoms with Gasteiger partial charge in [0.25, 0.3) is 0 Å². The van der Waals surface area contributed by atoms with Gasteiger partial charge in [0.2, 0.25) is 15.5 Å². The molecule has 0 saturated carbocycles. The standard InChI is InChI=1S/C14H16N2O5S/c1-3-16(4-2)22(20,21)9-5-6-12-10(7-9)13(17)11(8-15-12)14(18)19/h5-8H,3-4H2,1-2H3,(H,15,17)(H,18,19). The van der Waals surface area contributed by atoms with E-state index in [1.165, 1.54) is 22.5 Å². The molecular weight excluding hydrogens is 308 g/mol. The van der Waals surface area contributed by atoms with Gasteiger partial charge in [0.1, 0.15) is 5.56 Å². The number of sulfonamides is 1. The van der Waals surface area contributed by atoms with Crippen LogP contribution in [0.3, 0.4) is 0 Å². The third-order valence-electron chi connectivity index (χ3n) is 3.43. The largest absolute Gasteiger partial charge is 0.477 e. The second kappa shape index (κ2) is 5.90. The van der Waals surface area contributed by atoms with Gasteiger partial charge in [-0.2, -0.15) is 4.31 Å². The number of carboxylic acids is 1. The van der Waals surface area contributed by atoms with Gasteiger partial charge in [0.15, 0.2) is 0 Å². The Hall–Kier alpha value is -2.19. The van der Waals surface area contributed by atoms with Crippen molar-refractivity contribution < 1.29 is 18.3 Å². The van der Waals surface area contributed by atoms with Crippen molar-refractivity contribution in [2.24, 2.45) is 0 Å². The van der Waals surface area contributed by atoms with Gasteiger partial charge < -0.3 is 10.1 Å². The van der Waals surface area contributed by atoms with Crippen LogP contribution in [0, 0.1) is 0 Å². The minimum Gasteiger partial charge on any atom is -0.477 e. The highest BCUT2D eigenvalue weighted by molar-refractivity contribution is 7.89. The van der Waals surface area contributed by atoms with Crippen molar-refractivity contribution in [3.05, 3.63) is 40.2 Å². The lowest BCUT2D eigenvalue weighted by Crippen LogP contribution is -2.30. The second-order valence-corrected chi connectivity index (χ2v) is 6.57. The molecule has 0 aliphatic heterocycles. The number of aromatic amines is 1. The molecule has 0 atom stereocenters. The minimum atomic E-state index is -3.71. The number of fused-ring (bicyclic) bond motifs is 1. The molecule has 118 valence electrons. The van der Waals surface area contributed by atoms with Crippen molar-refractivity contribution in [3.63, 3.8) is 0 Å². The molecule has 0 unspecified atom stereocenters. The van der Waals surface area contributed by atoms with E-state index >= 15 is 0 Å². The van der Waals surface area contributed by atoms with E-state index in [0.29, 0.717) is 18.6 Å². The van der Waals surface area contributed by atoms with Gasteiger partial charge in [-0.1, -0.05) is 13.8 Å². The normalized spacial score (nSPS) is 12.0. The molecule has 2 rings (SSSR count). The fourth-order valence-corrected chi connectivity index (χ4v) is 3.71. The first kappa shape index (κ1) is 16.2. The number of hydrogen-bond donors (Lipinski definition) is 2. The maximum atomic E-state index is 12.5. The molecule has 0 spiro atoms. The number of nitrogens with zero attached hydrogens (tertiary/aromatic N) is 1. The molecule has 8 heteroatoms. The van der Waals surface area contributed by atoms with Gasteiger partial charge in [-0.3, -0.25) is 4.79 Å². The van der Waals surface area contributed by atoms with Gasteiger partial charge in [-0.15, -0.1) is 0 Å². The van der Waals surface area contributed by atoms with Crippen LogP contribution in [0.2, 0.25) is 0 Å². The Kier molecular flexibility index (Phi) is 4.34. The highest BCUT2D eigenvalue weighted by atomic mass is 32.2. The highest BCUT2D eigenvalue weighted by Gasteiger charge is 2.22. The molecule has 22 heavy (non-hydrogen) atoms. The molecule has 0 radical (unpaired) electrons. The summed E-state index contributed by atoms with van der Waals surface area (Å²) in [6.07, 6.45) is 1.10. The van der Waals surface area contributed by atoms with Crippen LogP contribution in [0.15, 0.2) is 34.1 Å². The summed E-state index contributed by atoms with van der Waals surface area (Å²) in [4.78, 5) is 25.8. The molecule has 7 nitrogen and oxygen atoms in total. The third kappa shape index (κ3) is 2.62. The number of nitrogens with one attached hydrogen (secondary N) is 1. The predicted octanol–water partition coefficient (Wildman–Crippen LogP) is 1.26. The van der Waals surface area contributed by atoms with Crippen LogP contribution in [-0.4, -0.2) is 41.9 Å². The lowest BCUT2D eigenvalue weighted by molar-refractivity contribution is 0.0695. The quantitative estimate of drug-likeness (QED) is 0.861. The van der Waals surface area contributed by atoms with Gasteiger partial charge in [-0.25, -0.2) is 13.2 Å². The Morgan fingerprint density at radius 2 is 1.91 bits per heavy atom. The number of carboxylic acid groups (broad SMARTS) is 1. The number of aromatic nitrogens is 1. The fraction of sp³-hybridized carbons (Fsp3) is 0.286. The molecule has 0 fully saturated rings. The van der Waals surface area contributed by atoms with Crippen LogP contribution < -0.4 is 5.43 Å². The second-order valence-electron chi connectivity index (χ2n) is 4.63. The highest BCUT2D eigenvalue weighted by Crippen LogP contribution is 2.19. The van der Waals surface area contributed by atoms with Crippen molar-refractivity contribution in [1.82, 2.24) is 9.29 Å². The van der Waals surface area contributed by atoms with Crippen LogP contribution in [0.4, 0.5) is 0 Å². The maximum Gasteiger partial charge on any atom is 0.341 e. The predicted molar refractivity (Wildman–Crippen MR) is 81.6 cm³/mol. The molecule has 0 bridgehead atoms. The zero-order valence-electron chi connectivity index (χ0n) is 12.2. The number of aromatic carboxylic acids is 1. The van der Waals surface area contributed by atoms with Crippen LogP contribution in [0.1, 0.15) is 24.2 Å². The topological polar surface area (TPSA) is 108 Å². The Labute approximate surface area is 127 Å². The van der Waals surface area contributed by atoms with Gasteiger partial charge in [-0.05, 0) is 18.2 Å². The molecule has 0 saturated heterocycles. The molecule has 2 N–H and O–H groups in total. The number of benzene rings is 1. The summed E-state index contributed by atoms with van der Waals surface area (Å²) < 4.78 is 26.2. The van der Waals surface area contributed by atoms with Gasteiger partial charge in [0, 0.05) is 30.2 Å². The van der Waals surface area contributed by atoms with E-state index in [-0.39, 0.29) is 10.3 Å². The van der Waals surface area contributed by atoms with E-state index < -0.39 is 27.0 Å². The summed E-state index contributed by atoms with van der Waals surface area (Å²) in [5.41, 5.74) is -0.753.